The highest BCUT2D eigenvalue weighted by atomic mass is 19.1. The molecule has 0 bridgehead atoms. The van der Waals surface area contributed by atoms with E-state index in [1.807, 2.05) is 6.92 Å². The summed E-state index contributed by atoms with van der Waals surface area (Å²) in [6.07, 6.45) is 2.04. The molecule has 0 atom stereocenters. The molecule has 0 saturated heterocycles. The Bertz CT molecular complexity index is 680. The summed E-state index contributed by atoms with van der Waals surface area (Å²) in [6, 6.07) is 7.37. The van der Waals surface area contributed by atoms with Gasteiger partial charge in [0.25, 0.3) is 5.91 Å². The van der Waals surface area contributed by atoms with Crippen molar-refractivity contribution in [1.82, 2.24) is 10.3 Å². The Morgan fingerprint density at radius 3 is 2.80 bits per heavy atom. The molecule has 0 spiro atoms. The third-order valence-corrected chi connectivity index (χ3v) is 3.02. The monoisotopic (exact) mass is 274 g/mol. The Hall–Kier alpha value is -2.43. The first-order valence-corrected chi connectivity index (χ1v) is 6.28. The number of aryl methyl sites for hydroxylation is 1. The van der Waals surface area contributed by atoms with Gasteiger partial charge in [0.15, 0.2) is 0 Å². The van der Waals surface area contributed by atoms with Crippen LogP contribution in [0, 0.1) is 12.7 Å². The van der Waals surface area contributed by atoms with Gasteiger partial charge in [-0.05, 0) is 42.7 Å². The number of pyridine rings is 1. The van der Waals surface area contributed by atoms with Crippen LogP contribution >= 0.6 is 0 Å². The summed E-state index contributed by atoms with van der Waals surface area (Å²) in [5, 5.41) is 2.73. The Kier molecular flexibility index (Phi) is 4.30. The molecule has 2 N–H and O–H groups in total. The van der Waals surface area contributed by atoms with E-state index in [-0.39, 0.29) is 17.3 Å². The molecule has 2 rings (SSSR count). The van der Waals surface area contributed by atoms with Crippen molar-refractivity contribution in [3.8, 4) is 0 Å². The van der Waals surface area contributed by atoms with Crippen LogP contribution in [0.1, 0.15) is 21.5 Å². The molecule has 5 heteroatoms. The zero-order chi connectivity index (χ0) is 14.5. The van der Waals surface area contributed by atoms with E-state index in [0.717, 1.165) is 11.1 Å². The first-order valence-electron chi connectivity index (χ1n) is 6.28. The van der Waals surface area contributed by atoms with Crippen LogP contribution in [0.15, 0.2) is 41.3 Å². The number of nitrogens with one attached hydrogen (secondary N) is 2. The first kappa shape index (κ1) is 14.0. The van der Waals surface area contributed by atoms with E-state index >= 15 is 0 Å². The summed E-state index contributed by atoms with van der Waals surface area (Å²) < 4.78 is 13.0. The maximum absolute atomic E-state index is 13.0. The molecule has 4 nitrogen and oxygen atoms in total. The fraction of sp³-hybridized carbons (Fsp3) is 0.200. The highest BCUT2D eigenvalue weighted by molar-refractivity contribution is 5.93. The molecule has 104 valence electrons. The molecular formula is C15H15FN2O2. The lowest BCUT2D eigenvalue weighted by Gasteiger charge is -2.07. The van der Waals surface area contributed by atoms with Crippen LogP contribution in [-0.2, 0) is 6.42 Å². The van der Waals surface area contributed by atoms with Gasteiger partial charge in [0.2, 0.25) is 5.56 Å². The fourth-order valence-electron chi connectivity index (χ4n) is 1.94. The number of aromatic amines is 1. The van der Waals surface area contributed by atoms with Crippen LogP contribution in [0.25, 0.3) is 0 Å². The van der Waals surface area contributed by atoms with E-state index in [4.69, 9.17) is 0 Å². The van der Waals surface area contributed by atoms with Crippen LogP contribution in [0.2, 0.25) is 0 Å². The number of H-pyrrole nitrogens is 1. The molecule has 2 aromatic rings. The third-order valence-electron chi connectivity index (χ3n) is 3.02. The zero-order valence-electron chi connectivity index (χ0n) is 11.1. The standard InChI is InChI=1S/C15H15FN2O2/c1-10-8-13(16)3-2-11(10)4-7-18-15(20)12-5-6-17-14(19)9-12/h2-3,5-6,8-9H,4,7H2,1H3,(H,17,19)(H,18,20). The van der Waals surface area contributed by atoms with Crippen molar-refractivity contribution in [2.75, 3.05) is 6.54 Å². The SMILES string of the molecule is Cc1cc(F)ccc1CCNC(=O)c1cc[nH]c(=O)c1. The van der Waals surface area contributed by atoms with E-state index < -0.39 is 0 Å². The summed E-state index contributed by atoms with van der Waals surface area (Å²) >= 11 is 0. The highest BCUT2D eigenvalue weighted by Crippen LogP contribution is 2.10. The summed E-state index contributed by atoms with van der Waals surface area (Å²) in [4.78, 5) is 25.3. The summed E-state index contributed by atoms with van der Waals surface area (Å²) in [7, 11) is 0. The van der Waals surface area contributed by atoms with Gasteiger partial charge in [-0.1, -0.05) is 6.07 Å². The number of aromatic nitrogens is 1. The molecule has 0 aliphatic rings. The third kappa shape index (κ3) is 3.54. The predicted octanol–water partition coefficient (Wildman–Crippen LogP) is 1.79. The lowest BCUT2D eigenvalue weighted by Crippen LogP contribution is -2.26. The Morgan fingerprint density at radius 2 is 2.10 bits per heavy atom. The molecule has 0 aliphatic carbocycles. The number of carbonyl (C=O) groups is 1. The van der Waals surface area contributed by atoms with Gasteiger partial charge in [0.1, 0.15) is 5.82 Å². The highest BCUT2D eigenvalue weighted by Gasteiger charge is 2.06. The van der Waals surface area contributed by atoms with E-state index in [1.165, 1.54) is 24.4 Å². The molecule has 1 amide bonds. The first-order chi connectivity index (χ1) is 9.56. The van der Waals surface area contributed by atoms with Gasteiger partial charge in [-0.15, -0.1) is 0 Å². The number of hydrogen-bond acceptors (Lipinski definition) is 2. The van der Waals surface area contributed by atoms with Crippen molar-refractivity contribution in [3.05, 3.63) is 69.4 Å². The van der Waals surface area contributed by atoms with Crippen molar-refractivity contribution < 1.29 is 9.18 Å². The normalized spacial score (nSPS) is 10.3. The van der Waals surface area contributed by atoms with Crippen molar-refractivity contribution in [2.24, 2.45) is 0 Å². The minimum atomic E-state index is -0.313. The summed E-state index contributed by atoms with van der Waals surface area (Å²) in [5.41, 5.74) is 1.85. The quantitative estimate of drug-likeness (QED) is 0.893. The van der Waals surface area contributed by atoms with E-state index in [0.29, 0.717) is 18.5 Å². The second-order valence-corrected chi connectivity index (χ2v) is 4.52. The van der Waals surface area contributed by atoms with Crippen molar-refractivity contribution in [1.29, 1.82) is 0 Å². The Labute approximate surface area is 115 Å². The number of benzene rings is 1. The largest absolute Gasteiger partial charge is 0.352 e. The lowest BCUT2D eigenvalue weighted by molar-refractivity contribution is 0.0954. The number of halogens is 1. The molecule has 20 heavy (non-hydrogen) atoms. The molecule has 0 aliphatic heterocycles. The minimum absolute atomic E-state index is 0.265. The van der Waals surface area contributed by atoms with Gasteiger partial charge < -0.3 is 10.3 Å². The van der Waals surface area contributed by atoms with Crippen molar-refractivity contribution in [2.45, 2.75) is 13.3 Å². The van der Waals surface area contributed by atoms with Crippen LogP contribution in [-0.4, -0.2) is 17.4 Å². The maximum Gasteiger partial charge on any atom is 0.251 e. The Morgan fingerprint density at radius 1 is 1.30 bits per heavy atom. The summed E-state index contributed by atoms with van der Waals surface area (Å²) in [5.74, 6) is -0.560. The Balaban J connectivity index is 1.93. The van der Waals surface area contributed by atoms with Gasteiger partial charge in [0, 0.05) is 24.4 Å². The van der Waals surface area contributed by atoms with Gasteiger partial charge in [-0.3, -0.25) is 9.59 Å². The van der Waals surface area contributed by atoms with Gasteiger partial charge in [0.05, 0.1) is 0 Å². The minimum Gasteiger partial charge on any atom is -0.352 e. The van der Waals surface area contributed by atoms with Gasteiger partial charge >= 0.3 is 0 Å². The molecule has 0 fully saturated rings. The molecule has 1 aromatic carbocycles. The average Bonchev–Trinajstić information content (AvgIpc) is 2.41. The topological polar surface area (TPSA) is 62.0 Å². The van der Waals surface area contributed by atoms with Crippen LogP contribution < -0.4 is 10.9 Å². The van der Waals surface area contributed by atoms with Gasteiger partial charge in [-0.2, -0.15) is 0 Å². The summed E-state index contributed by atoms with van der Waals surface area (Å²) in [6.45, 7) is 2.26. The second kappa shape index (κ2) is 6.14. The molecular weight excluding hydrogens is 259 g/mol. The number of rotatable bonds is 4. The molecule has 0 saturated carbocycles. The number of carbonyl (C=O) groups excluding carboxylic acids is 1. The fourth-order valence-corrected chi connectivity index (χ4v) is 1.94. The van der Waals surface area contributed by atoms with Crippen molar-refractivity contribution >= 4 is 5.91 Å². The zero-order valence-corrected chi connectivity index (χ0v) is 11.1. The molecule has 0 radical (unpaired) electrons. The number of amides is 1. The van der Waals surface area contributed by atoms with E-state index in [9.17, 15) is 14.0 Å². The predicted molar refractivity (Wildman–Crippen MR) is 74.2 cm³/mol. The second-order valence-electron chi connectivity index (χ2n) is 4.52. The van der Waals surface area contributed by atoms with Crippen LogP contribution in [0.5, 0.6) is 0 Å². The molecule has 0 unspecified atom stereocenters. The van der Waals surface area contributed by atoms with Crippen LogP contribution in [0.4, 0.5) is 4.39 Å². The number of hydrogen-bond donors (Lipinski definition) is 2. The molecule has 1 aromatic heterocycles. The van der Waals surface area contributed by atoms with E-state index in [2.05, 4.69) is 10.3 Å². The average molecular weight is 274 g/mol. The lowest BCUT2D eigenvalue weighted by atomic mass is 10.1. The smallest absolute Gasteiger partial charge is 0.251 e. The van der Waals surface area contributed by atoms with Crippen LogP contribution in [0.3, 0.4) is 0 Å². The van der Waals surface area contributed by atoms with Gasteiger partial charge in [-0.25, -0.2) is 4.39 Å². The van der Waals surface area contributed by atoms with Crippen molar-refractivity contribution in [3.63, 3.8) is 0 Å². The molecule has 1 heterocycles. The van der Waals surface area contributed by atoms with E-state index in [1.54, 1.807) is 12.1 Å². The maximum atomic E-state index is 13.0.